The number of aromatic nitrogens is 1. The number of nitrogen functional groups attached to an aromatic ring is 1. The second kappa shape index (κ2) is 6.07. The molecule has 0 spiro atoms. The molecule has 0 radical (unpaired) electrons. The summed E-state index contributed by atoms with van der Waals surface area (Å²) in [5, 5.41) is 3.38. The number of nitrogens with zero attached hydrogens (tertiary/aromatic N) is 1. The minimum Gasteiger partial charge on any atom is -0.396 e. The topological polar surface area (TPSA) is 50.9 Å². The summed E-state index contributed by atoms with van der Waals surface area (Å²) < 4.78 is 0. The number of hydrogen-bond acceptors (Lipinski definition) is 3. The molecule has 100 valence electrons. The summed E-state index contributed by atoms with van der Waals surface area (Å²) in [6, 6.07) is 3.87. The molecule has 1 aromatic rings. The van der Waals surface area contributed by atoms with Crippen LogP contribution in [0.4, 0.5) is 11.5 Å². The number of nitrogens with one attached hydrogen (secondary N) is 1. The maximum absolute atomic E-state index is 5.90. The predicted molar refractivity (Wildman–Crippen MR) is 77.6 cm³/mol. The van der Waals surface area contributed by atoms with Gasteiger partial charge in [-0.15, -0.1) is 0 Å². The van der Waals surface area contributed by atoms with Crippen molar-refractivity contribution >= 4 is 11.5 Å². The first-order valence-corrected chi connectivity index (χ1v) is 7.12. The zero-order valence-corrected chi connectivity index (χ0v) is 11.6. The third-order valence-electron chi connectivity index (χ3n) is 4.05. The Morgan fingerprint density at radius 2 is 2.00 bits per heavy atom. The molecule has 2 rings (SSSR count). The van der Waals surface area contributed by atoms with Crippen LogP contribution in [-0.4, -0.2) is 11.5 Å². The van der Waals surface area contributed by atoms with Crippen molar-refractivity contribution in [3.8, 4) is 0 Å². The normalized spacial score (nSPS) is 23.9. The Kier molecular flexibility index (Phi) is 4.45. The van der Waals surface area contributed by atoms with Crippen molar-refractivity contribution in [1.82, 2.24) is 4.98 Å². The molecule has 18 heavy (non-hydrogen) atoms. The van der Waals surface area contributed by atoms with E-state index in [9.17, 15) is 0 Å². The van der Waals surface area contributed by atoms with E-state index in [1.807, 2.05) is 19.1 Å². The highest BCUT2D eigenvalue weighted by Crippen LogP contribution is 2.30. The highest BCUT2D eigenvalue weighted by molar-refractivity contribution is 5.61. The molecule has 1 heterocycles. The Balaban J connectivity index is 1.76. The van der Waals surface area contributed by atoms with Crippen LogP contribution in [0.5, 0.6) is 0 Å². The standard InChI is InChI=1S/C15H25N3/c1-11-3-6-13(7-4-11)9-10-17-15-14(16)8-5-12(2)18-15/h5,8,11,13H,3-4,6-7,9-10,16H2,1-2H3,(H,17,18). The molecule has 0 aliphatic heterocycles. The highest BCUT2D eigenvalue weighted by atomic mass is 15.0. The van der Waals surface area contributed by atoms with Crippen molar-refractivity contribution in [2.75, 3.05) is 17.6 Å². The van der Waals surface area contributed by atoms with Crippen molar-refractivity contribution < 1.29 is 0 Å². The van der Waals surface area contributed by atoms with Gasteiger partial charge in [0.05, 0.1) is 5.69 Å². The van der Waals surface area contributed by atoms with Gasteiger partial charge in [0.1, 0.15) is 5.82 Å². The number of anilines is 2. The lowest BCUT2D eigenvalue weighted by Gasteiger charge is -2.26. The molecule has 1 aliphatic rings. The summed E-state index contributed by atoms with van der Waals surface area (Å²) in [6.45, 7) is 5.35. The van der Waals surface area contributed by atoms with Gasteiger partial charge in [0.2, 0.25) is 0 Å². The summed E-state index contributed by atoms with van der Waals surface area (Å²) in [5.41, 5.74) is 7.66. The smallest absolute Gasteiger partial charge is 0.149 e. The molecule has 3 heteroatoms. The number of aryl methyl sites for hydroxylation is 1. The van der Waals surface area contributed by atoms with Crippen LogP contribution in [0.1, 0.15) is 44.7 Å². The van der Waals surface area contributed by atoms with Gasteiger partial charge in [-0.05, 0) is 37.3 Å². The molecule has 0 atom stereocenters. The van der Waals surface area contributed by atoms with Gasteiger partial charge in [0.25, 0.3) is 0 Å². The maximum atomic E-state index is 5.90. The molecule has 0 unspecified atom stereocenters. The number of pyridine rings is 1. The third kappa shape index (κ3) is 3.62. The van der Waals surface area contributed by atoms with Crippen molar-refractivity contribution in [2.45, 2.75) is 46.0 Å². The molecule has 1 saturated carbocycles. The molecule has 0 amide bonds. The second-order valence-electron chi connectivity index (χ2n) is 5.73. The van der Waals surface area contributed by atoms with Crippen LogP contribution >= 0.6 is 0 Å². The van der Waals surface area contributed by atoms with Crippen LogP contribution in [0, 0.1) is 18.8 Å². The summed E-state index contributed by atoms with van der Waals surface area (Å²) in [5.74, 6) is 2.67. The fourth-order valence-corrected chi connectivity index (χ4v) is 2.72. The lowest BCUT2D eigenvalue weighted by molar-refractivity contribution is 0.282. The summed E-state index contributed by atoms with van der Waals surface area (Å²) in [6.07, 6.45) is 6.81. The van der Waals surface area contributed by atoms with Crippen molar-refractivity contribution in [2.24, 2.45) is 11.8 Å². The number of nitrogens with two attached hydrogens (primary N) is 1. The molecule has 3 nitrogen and oxygen atoms in total. The molecule has 0 aromatic carbocycles. The van der Waals surface area contributed by atoms with E-state index in [0.717, 1.165) is 35.6 Å². The Bertz CT molecular complexity index is 381. The van der Waals surface area contributed by atoms with E-state index in [4.69, 9.17) is 5.73 Å². The van der Waals surface area contributed by atoms with Crippen LogP contribution in [0.15, 0.2) is 12.1 Å². The number of rotatable bonds is 4. The van der Waals surface area contributed by atoms with Gasteiger partial charge in [-0.1, -0.05) is 32.6 Å². The van der Waals surface area contributed by atoms with Crippen LogP contribution in [0.2, 0.25) is 0 Å². The monoisotopic (exact) mass is 247 g/mol. The van der Waals surface area contributed by atoms with Gasteiger partial charge in [-0.25, -0.2) is 4.98 Å². The largest absolute Gasteiger partial charge is 0.396 e. The first-order chi connectivity index (χ1) is 8.65. The third-order valence-corrected chi connectivity index (χ3v) is 4.05. The minimum atomic E-state index is 0.748. The van der Waals surface area contributed by atoms with Crippen LogP contribution in [-0.2, 0) is 0 Å². The molecule has 1 aromatic heterocycles. The quantitative estimate of drug-likeness (QED) is 0.854. The van der Waals surface area contributed by atoms with Crippen molar-refractivity contribution in [1.29, 1.82) is 0 Å². The van der Waals surface area contributed by atoms with Gasteiger partial charge < -0.3 is 11.1 Å². The summed E-state index contributed by atoms with van der Waals surface area (Å²) >= 11 is 0. The molecule has 0 saturated heterocycles. The van der Waals surface area contributed by atoms with Gasteiger partial charge in [0.15, 0.2) is 0 Å². The second-order valence-corrected chi connectivity index (χ2v) is 5.73. The zero-order chi connectivity index (χ0) is 13.0. The summed E-state index contributed by atoms with van der Waals surface area (Å²) in [7, 11) is 0. The average Bonchev–Trinajstić information content (AvgIpc) is 2.36. The zero-order valence-electron chi connectivity index (χ0n) is 11.6. The van der Waals surface area contributed by atoms with Gasteiger partial charge in [0, 0.05) is 12.2 Å². The van der Waals surface area contributed by atoms with E-state index < -0.39 is 0 Å². The molecular weight excluding hydrogens is 222 g/mol. The van der Waals surface area contributed by atoms with Crippen LogP contribution in [0.3, 0.4) is 0 Å². The SMILES string of the molecule is Cc1ccc(N)c(NCCC2CCC(C)CC2)n1. The van der Waals surface area contributed by atoms with Gasteiger partial charge >= 0.3 is 0 Å². The van der Waals surface area contributed by atoms with Crippen LogP contribution < -0.4 is 11.1 Å². The Morgan fingerprint density at radius 1 is 1.28 bits per heavy atom. The fraction of sp³-hybridized carbons (Fsp3) is 0.667. The maximum Gasteiger partial charge on any atom is 0.149 e. The van der Waals surface area contributed by atoms with E-state index in [-0.39, 0.29) is 0 Å². The van der Waals surface area contributed by atoms with Crippen LogP contribution in [0.25, 0.3) is 0 Å². The average molecular weight is 247 g/mol. The van der Waals surface area contributed by atoms with E-state index in [1.54, 1.807) is 0 Å². The van der Waals surface area contributed by atoms with E-state index >= 15 is 0 Å². The summed E-state index contributed by atoms with van der Waals surface area (Å²) in [4.78, 5) is 4.43. The Morgan fingerprint density at radius 3 is 2.72 bits per heavy atom. The first-order valence-electron chi connectivity index (χ1n) is 7.12. The lowest BCUT2D eigenvalue weighted by Crippen LogP contribution is -2.16. The first kappa shape index (κ1) is 13.2. The predicted octanol–water partition coefficient (Wildman–Crippen LogP) is 3.60. The van der Waals surface area contributed by atoms with Crippen molar-refractivity contribution in [3.05, 3.63) is 17.8 Å². The molecule has 1 aliphatic carbocycles. The lowest BCUT2D eigenvalue weighted by atomic mass is 9.81. The highest BCUT2D eigenvalue weighted by Gasteiger charge is 2.17. The van der Waals surface area contributed by atoms with Crippen molar-refractivity contribution in [3.63, 3.8) is 0 Å². The Hall–Kier alpha value is -1.25. The molecule has 1 fully saturated rings. The number of hydrogen-bond donors (Lipinski definition) is 2. The molecular formula is C15H25N3. The van der Waals surface area contributed by atoms with E-state index in [1.165, 1.54) is 32.1 Å². The minimum absolute atomic E-state index is 0.748. The van der Waals surface area contributed by atoms with E-state index in [0.29, 0.717) is 0 Å². The van der Waals surface area contributed by atoms with Gasteiger partial charge in [-0.2, -0.15) is 0 Å². The van der Waals surface area contributed by atoms with E-state index in [2.05, 4.69) is 17.2 Å². The molecule has 0 bridgehead atoms. The van der Waals surface area contributed by atoms with Gasteiger partial charge in [-0.3, -0.25) is 0 Å². The fourth-order valence-electron chi connectivity index (χ4n) is 2.72. The molecule has 3 N–H and O–H groups in total. The Labute approximate surface area is 110 Å².